The van der Waals surface area contributed by atoms with Crippen LogP contribution in [0.25, 0.3) is 0 Å². The van der Waals surface area contributed by atoms with Crippen molar-refractivity contribution in [3.05, 3.63) is 42.5 Å². The number of esters is 2. The Morgan fingerprint density at radius 2 is 2.15 bits per heavy atom. The SMILES string of the molecule is COC(=O)[C@@]12C=C[C@@H](C[C@H]1Sc1ccccc1)OC2=O. The summed E-state index contributed by atoms with van der Waals surface area (Å²) >= 11 is 1.52. The zero-order valence-corrected chi connectivity index (χ0v) is 11.8. The first-order chi connectivity index (χ1) is 9.66. The van der Waals surface area contributed by atoms with Gasteiger partial charge >= 0.3 is 11.9 Å². The van der Waals surface area contributed by atoms with E-state index in [4.69, 9.17) is 9.47 Å². The number of rotatable bonds is 3. The Hall–Kier alpha value is -1.75. The van der Waals surface area contributed by atoms with Crippen molar-refractivity contribution in [2.24, 2.45) is 5.41 Å². The largest absolute Gasteiger partial charge is 0.468 e. The number of hydrogen-bond acceptors (Lipinski definition) is 5. The first-order valence-electron chi connectivity index (χ1n) is 6.37. The zero-order valence-electron chi connectivity index (χ0n) is 10.9. The predicted molar refractivity (Wildman–Crippen MR) is 74.2 cm³/mol. The number of fused-ring (bicyclic) bond motifs is 2. The number of thioether (sulfide) groups is 1. The smallest absolute Gasteiger partial charge is 0.329 e. The molecular weight excluding hydrogens is 276 g/mol. The summed E-state index contributed by atoms with van der Waals surface area (Å²) in [4.78, 5) is 25.4. The molecule has 0 saturated carbocycles. The molecule has 104 valence electrons. The second kappa shape index (κ2) is 4.98. The van der Waals surface area contributed by atoms with Gasteiger partial charge in [0.1, 0.15) is 6.10 Å². The molecule has 1 aromatic carbocycles. The third-order valence-corrected chi connectivity index (χ3v) is 5.06. The van der Waals surface area contributed by atoms with Gasteiger partial charge in [0, 0.05) is 16.6 Å². The summed E-state index contributed by atoms with van der Waals surface area (Å²) in [6.07, 6.45) is 3.81. The van der Waals surface area contributed by atoms with E-state index in [0.717, 1.165) is 4.90 Å². The monoisotopic (exact) mass is 290 g/mol. The van der Waals surface area contributed by atoms with Crippen LogP contribution in [0.5, 0.6) is 0 Å². The minimum Gasteiger partial charge on any atom is -0.468 e. The molecule has 3 atom stereocenters. The van der Waals surface area contributed by atoms with E-state index in [0.29, 0.717) is 6.42 Å². The molecule has 0 amide bonds. The van der Waals surface area contributed by atoms with E-state index in [1.165, 1.54) is 18.9 Å². The molecule has 2 heterocycles. The van der Waals surface area contributed by atoms with Crippen LogP contribution in [0.4, 0.5) is 0 Å². The summed E-state index contributed by atoms with van der Waals surface area (Å²) < 4.78 is 10.1. The van der Waals surface area contributed by atoms with Gasteiger partial charge in [0.05, 0.1) is 7.11 Å². The standard InChI is InChI=1S/C15H14O4S/c1-18-13(16)15-8-7-10(19-14(15)17)9-12(15)20-11-5-3-2-4-6-11/h2-8,10,12H,9H2,1H3/t10-,12+,15+/m0/s1. The molecule has 4 nitrogen and oxygen atoms in total. The molecule has 0 radical (unpaired) electrons. The summed E-state index contributed by atoms with van der Waals surface area (Å²) in [6, 6.07) is 9.73. The maximum atomic E-state index is 12.2. The first-order valence-corrected chi connectivity index (χ1v) is 7.25. The van der Waals surface area contributed by atoms with Gasteiger partial charge in [-0.25, -0.2) is 0 Å². The van der Waals surface area contributed by atoms with Gasteiger partial charge in [-0.15, -0.1) is 11.8 Å². The van der Waals surface area contributed by atoms with Crippen molar-refractivity contribution in [2.75, 3.05) is 7.11 Å². The Kier molecular flexibility index (Phi) is 3.30. The third-order valence-electron chi connectivity index (χ3n) is 3.67. The molecule has 0 unspecified atom stereocenters. The lowest BCUT2D eigenvalue weighted by Crippen LogP contribution is -2.56. The molecule has 1 aromatic rings. The van der Waals surface area contributed by atoms with Crippen LogP contribution in [0.1, 0.15) is 6.42 Å². The minimum absolute atomic E-state index is 0.200. The van der Waals surface area contributed by atoms with Crippen LogP contribution >= 0.6 is 11.8 Å². The van der Waals surface area contributed by atoms with Gasteiger partial charge in [-0.3, -0.25) is 9.59 Å². The average molecular weight is 290 g/mol. The first kappa shape index (κ1) is 13.2. The molecule has 2 aliphatic heterocycles. The molecule has 5 heteroatoms. The van der Waals surface area contributed by atoms with Crippen LogP contribution in [0.15, 0.2) is 47.4 Å². The summed E-state index contributed by atoms with van der Waals surface area (Å²) in [5, 5.41) is -0.200. The average Bonchev–Trinajstić information content (AvgIpc) is 2.48. The molecule has 1 fully saturated rings. The van der Waals surface area contributed by atoms with Gasteiger partial charge in [0.15, 0.2) is 5.41 Å². The lowest BCUT2D eigenvalue weighted by molar-refractivity contribution is -0.176. The van der Waals surface area contributed by atoms with Crippen LogP contribution in [0.3, 0.4) is 0 Å². The van der Waals surface area contributed by atoms with Crippen molar-refractivity contribution in [1.29, 1.82) is 0 Å². The van der Waals surface area contributed by atoms with E-state index in [9.17, 15) is 9.59 Å². The van der Waals surface area contributed by atoms with Crippen LogP contribution < -0.4 is 0 Å². The molecule has 0 spiro atoms. The Labute approximate surface area is 121 Å². The van der Waals surface area contributed by atoms with E-state index in [-0.39, 0.29) is 11.4 Å². The molecule has 0 aromatic heterocycles. The maximum Gasteiger partial charge on any atom is 0.329 e. The van der Waals surface area contributed by atoms with Crippen LogP contribution in [-0.4, -0.2) is 30.4 Å². The van der Waals surface area contributed by atoms with Crippen LogP contribution in [0.2, 0.25) is 0 Å². The van der Waals surface area contributed by atoms with Gasteiger partial charge in [0.25, 0.3) is 0 Å². The van der Waals surface area contributed by atoms with Gasteiger partial charge in [-0.1, -0.05) is 24.3 Å². The third kappa shape index (κ3) is 1.93. The van der Waals surface area contributed by atoms with Crippen molar-refractivity contribution in [2.45, 2.75) is 22.7 Å². The molecule has 20 heavy (non-hydrogen) atoms. The highest BCUT2D eigenvalue weighted by Crippen LogP contribution is 2.48. The van der Waals surface area contributed by atoms with Crippen LogP contribution in [-0.2, 0) is 19.1 Å². The van der Waals surface area contributed by atoms with E-state index >= 15 is 0 Å². The maximum absolute atomic E-state index is 12.2. The number of carbonyl (C=O) groups excluding carboxylic acids is 2. The van der Waals surface area contributed by atoms with Crippen molar-refractivity contribution in [3.8, 4) is 0 Å². The number of carbonyl (C=O) groups is 2. The fourth-order valence-electron chi connectivity index (χ4n) is 2.62. The second-order valence-electron chi connectivity index (χ2n) is 4.82. The molecule has 4 rings (SSSR count). The molecule has 1 saturated heterocycles. The van der Waals surface area contributed by atoms with Crippen molar-refractivity contribution < 1.29 is 19.1 Å². The molecule has 2 bridgehead atoms. The second-order valence-corrected chi connectivity index (χ2v) is 6.09. The summed E-state index contributed by atoms with van der Waals surface area (Å²) in [5.74, 6) is -1.05. The number of methoxy groups -OCH3 is 1. The quantitative estimate of drug-likeness (QED) is 0.485. The van der Waals surface area contributed by atoms with Crippen LogP contribution in [0, 0.1) is 5.41 Å². The Morgan fingerprint density at radius 3 is 2.80 bits per heavy atom. The predicted octanol–water partition coefficient (Wildman–Crippen LogP) is 2.19. The van der Waals surface area contributed by atoms with E-state index in [1.54, 1.807) is 12.2 Å². The highest BCUT2D eigenvalue weighted by atomic mass is 32.2. The zero-order chi connectivity index (χ0) is 14.2. The Balaban J connectivity index is 1.96. The van der Waals surface area contributed by atoms with E-state index in [2.05, 4.69) is 0 Å². The van der Waals surface area contributed by atoms with Gasteiger partial charge in [-0.2, -0.15) is 0 Å². The highest BCUT2D eigenvalue weighted by molar-refractivity contribution is 8.00. The topological polar surface area (TPSA) is 52.6 Å². The fraction of sp³-hybridized carbons (Fsp3) is 0.333. The highest BCUT2D eigenvalue weighted by Gasteiger charge is 2.59. The van der Waals surface area contributed by atoms with Crippen molar-refractivity contribution in [3.63, 3.8) is 0 Å². The summed E-state index contributed by atoms with van der Waals surface area (Å²) in [5.41, 5.74) is -1.32. The van der Waals surface area contributed by atoms with Gasteiger partial charge in [-0.05, 0) is 18.2 Å². The number of ether oxygens (including phenoxy) is 2. The normalized spacial score (nSPS) is 30.9. The van der Waals surface area contributed by atoms with Gasteiger partial charge in [0.2, 0.25) is 0 Å². The van der Waals surface area contributed by atoms with E-state index < -0.39 is 17.4 Å². The summed E-state index contributed by atoms with van der Waals surface area (Å²) in [6.45, 7) is 0. The van der Waals surface area contributed by atoms with E-state index in [1.807, 2.05) is 30.3 Å². The number of hydrogen-bond donors (Lipinski definition) is 0. The number of benzene rings is 1. The summed E-state index contributed by atoms with van der Waals surface area (Å²) in [7, 11) is 1.29. The lowest BCUT2D eigenvalue weighted by Gasteiger charge is -2.43. The Morgan fingerprint density at radius 1 is 1.40 bits per heavy atom. The molecule has 0 N–H and O–H groups in total. The molecule has 3 aliphatic rings. The fourth-order valence-corrected chi connectivity index (χ4v) is 4.01. The van der Waals surface area contributed by atoms with Crippen molar-refractivity contribution in [1.82, 2.24) is 0 Å². The minimum atomic E-state index is -1.32. The Bertz CT molecular complexity index is 568. The molecule has 1 aliphatic carbocycles. The van der Waals surface area contributed by atoms with Gasteiger partial charge < -0.3 is 9.47 Å². The molecular formula is C15H14O4S. The lowest BCUT2D eigenvalue weighted by atomic mass is 9.75. The van der Waals surface area contributed by atoms with Crippen molar-refractivity contribution >= 4 is 23.7 Å².